The molecule has 0 bridgehead atoms. The highest BCUT2D eigenvalue weighted by molar-refractivity contribution is 9.08. The van der Waals surface area contributed by atoms with Crippen LogP contribution in [0.25, 0.3) is 11.1 Å². The molecule has 2 aliphatic rings. The van der Waals surface area contributed by atoms with E-state index in [1.807, 2.05) is 37.3 Å². The Bertz CT molecular complexity index is 583. The van der Waals surface area contributed by atoms with Crippen LogP contribution in [0.3, 0.4) is 0 Å². The SMILES string of the molecule is CCC(=O)c1c2cccccc-2c(C(=O)OC)c1CBr. The topological polar surface area (TPSA) is 43.4 Å². The number of methoxy groups -OCH3 is 1. The van der Waals surface area contributed by atoms with Crippen molar-refractivity contribution in [2.45, 2.75) is 18.7 Å². The number of hydrogen-bond acceptors (Lipinski definition) is 3. The van der Waals surface area contributed by atoms with Crippen molar-refractivity contribution in [2.75, 3.05) is 7.11 Å². The summed E-state index contributed by atoms with van der Waals surface area (Å²) in [4.78, 5) is 24.3. The van der Waals surface area contributed by atoms with Crippen molar-refractivity contribution in [1.82, 2.24) is 0 Å². The lowest BCUT2D eigenvalue weighted by atomic mass is 10.0. The van der Waals surface area contributed by atoms with E-state index in [4.69, 9.17) is 4.74 Å². The Hall–Kier alpha value is -1.68. The molecule has 104 valence electrons. The number of carbonyl (C=O) groups is 2. The van der Waals surface area contributed by atoms with Gasteiger partial charge in [-0.25, -0.2) is 4.79 Å². The third kappa shape index (κ3) is 2.36. The summed E-state index contributed by atoms with van der Waals surface area (Å²) < 4.78 is 4.87. The lowest BCUT2D eigenvalue weighted by Crippen LogP contribution is -2.05. The van der Waals surface area contributed by atoms with Crippen molar-refractivity contribution < 1.29 is 14.3 Å². The summed E-state index contributed by atoms with van der Waals surface area (Å²) >= 11 is 3.38. The maximum atomic E-state index is 12.3. The van der Waals surface area contributed by atoms with Crippen LogP contribution >= 0.6 is 15.9 Å². The highest BCUT2D eigenvalue weighted by atomic mass is 79.9. The Morgan fingerprint density at radius 2 is 1.70 bits per heavy atom. The Kier molecular flexibility index (Phi) is 4.55. The van der Waals surface area contributed by atoms with Gasteiger partial charge in [-0.15, -0.1) is 0 Å². The van der Waals surface area contributed by atoms with Crippen LogP contribution in [0.15, 0.2) is 30.3 Å². The van der Waals surface area contributed by atoms with E-state index in [-0.39, 0.29) is 5.78 Å². The number of esters is 1. The predicted octanol–water partition coefficient (Wildman–Crippen LogP) is 4.07. The Morgan fingerprint density at radius 3 is 2.20 bits per heavy atom. The first kappa shape index (κ1) is 14.7. The zero-order valence-corrected chi connectivity index (χ0v) is 13.0. The molecular weight excluding hydrogens is 320 g/mol. The summed E-state index contributed by atoms with van der Waals surface area (Å²) in [6, 6.07) is 9.31. The summed E-state index contributed by atoms with van der Waals surface area (Å²) in [5.41, 5.74) is 3.37. The molecule has 0 aromatic rings. The van der Waals surface area contributed by atoms with E-state index in [9.17, 15) is 9.59 Å². The number of ketones is 1. The molecule has 0 radical (unpaired) electrons. The molecule has 0 spiro atoms. The van der Waals surface area contributed by atoms with Gasteiger partial charge < -0.3 is 4.74 Å². The molecule has 20 heavy (non-hydrogen) atoms. The molecule has 0 saturated heterocycles. The average molecular weight is 335 g/mol. The minimum atomic E-state index is -0.411. The van der Waals surface area contributed by atoms with Gasteiger partial charge in [-0.2, -0.15) is 0 Å². The van der Waals surface area contributed by atoms with E-state index in [0.29, 0.717) is 28.4 Å². The number of fused-ring (bicyclic) bond motifs is 1. The van der Waals surface area contributed by atoms with E-state index >= 15 is 0 Å². The lowest BCUT2D eigenvalue weighted by Gasteiger charge is -2.02. The highest BCUT2D eigenvalue weighted by Crippen LogP contribution is 2.38. The van der Waals surface area contributed by atoms with Crippen LogP contribution in [0.1, 0.15) is 39.6 Å². The van der Waals surface area contributed by atoms with Gasteiger partial charge in [0.2, 0.25) is 0 Å². The molecule has 2 aliphatic carbocycles. The summed E-state index contributed by atoms with van der Waals surface area (Å²) in [6.45, 7) is 1.82. The lowest BCUT2D eigenvalue weighted by molar-refractivity contribution is 0.0601. The van der Waals surface area contributed by atoms with Crippen LogP contribution in [0.5, 0.6) is 0 Å². The molecule has 0 fully saturated rings. The minimum Gasteiger partial charge on any atom is -0.465 e. The van der Waals surface area contributed by atoms with Crippen molar-refractivity contribution in [3.8, 4) is 11.1 Å². The van der Waals surface area contributed by atoms with Gasteiger partial charge in [0, 0.05) is 17.3 Å². The van der Waals surface area contributed by atoms with E-state index < -0.39 is 5.97 Å². The van der Waals surface area contributed by atoms with Crippen molar-refractivity contribution >= 4 is 27.7 Å². The van der Waals surface area contributed by atoms with Gasteiger partial charge in [0.05, 0.1) is 12.7 Å². The molecule has 0 aromatic carbocycles. The minimum absolute atomic E-state index is 0.0332. The van der Waals surface area contributed by atoms with E-state index in [1.54, 1.807) is 0 Å². The fourth-order valence-electron chi connectivity index (χ4n) is 2.40. The molecule has 0 saturated carbocycles. The average Bonchev–Trinajstić information content (AvgIpc) is 2.62. The fourth-order valence-corrected chi connectivity index (χ4v) is 2.96. The molecule has 0 unspecified atom stereocenters. The summed E-state index contributed by atoms with van der Waals surface area (Å²) in [6.07, 6.45) is 0.401. The van der Waals surface area contributed by atoms with E-state index in [0.717, 1.165) is 11.1 Å². The number of rotatable bonds is 4. The van der Waals surface area contributed by atoms with Crippen LogP contribution in [0.2, 0.25) is 0 Å². The Balaban J connectivity index is 2.86. The number of ether oxygens (including phenoxy) is 1. The smallest absolute Gasteiger partial charge is 0.338 e. The molecule has 0 aliphatic heterocycles. The highest BCUT2D eigenvalue weighted by Gasteiger charge is 2.29. The number of Topliss-reactive ketones (excluding diaryl/α,β-unsaturated/α-hetero) is 1. The zero-order chi connectivity index (χ0) is 14.7. The second-order valence-electron chi connectivity index (χ2n) is 4.37. The maximum absolute atomic E-state index is 12.3. The summed E-state index contributed by atoms with van der Waals surface area (Å²) in [7, 11) is 1.35. The first-order chi connectivity index (χ1) is 9.65. The molecule has 0 heterocycles. The van der Waals surface area contributed by atoms with Gasteiger partial charge in [0.15, 0.2) is 5.78 Å². The largest absolute Gasteiger partial charge is 0.465 e. The van der Waals surface area contributed by atoms with Gasteiger partial charge in [-0.3, -0.25) is 4.79 Å². The van der Waals surface area contributed by atoms with Crippen molar-refractivity contribution in [2.24, 2.45) is 0 Å². The van der Waals surface area contributed by atoms with Crippen LogP contribution in [0.4, 0.5) is 0 Å². The summed E-state index contributed by atoms with van der Waals surface area (Å²) in [5.74, 6) is -0.378. The number of hydrogen-bond donors (Lipinski definition) is 0. The molecule has 0 aromatic heterocycles. The molecule has 0 N–H and O–H groups in total. The van der Waals surface area contributed by atoms with Gasteiger partial charge >= 0.3 is 5.97 Å². The molecule has 3 nitrogen and oxygen atoms in total. The second-order valence-corrected chi connectivity index (χ2v) is 4.93. The van der Waals surface area contributed by atoms with Gasteiger partial charge in [-0.1, -0.05) is 53.2 Å². The first-order valence-corrected chi connectivity index (χ1v) is 7.48. The normalized spacial score (nSPS) is 10.6. The Labute approximate surface area is 126 Å². The predicted molar refractivity (Wildman–Crippen MR) is 81.7 cm³/mol. The van der Waals surface area contributed by atoms with Crippen LogP contribution in [0, 0.1) is 0 Å². The quantitative estimate of drug-likeness (QED) is 0.481. The zero-order valence-electron chi connectivity index (χ0n) is 11.4. The number of halogens is 1. The maximum Gasteiger partial charge on any atom is 0.338 e. The van der Waals surface area contributed by atoms with Crippen molar-refractivity contribution in [3.05, 3.63) is 47.0 Å². The molecule has 0 amide bonds. The van der Waals surface area contributed by atoms with Crippen LogP contribution < -0.4 is 0 Å². The first-order valence-electron chi connectivity index (χ1n) is 6.36. The van der Waals surface area contributed by atoms with Gasteiger partial charge in [0.1, 0.15) is 0 Å². The fraction of sp³-hybridized carbons (Fsp3) is 0.250. The Morgan fingerprint density at radius 1 is 1.10 bits per heavy atom. The van der Waals surface area contributed by atoms with Crippen molar-refractivity contribution in [3.63, 3.8) is 0 Å². The number of carbonyl (C=O) groups excluding carboxylic acids is 2. The molecule has 2 rings (SSSR count). The molecule has 0 atom stereocenters. The third-order valence-electron chi connectivity index (χ3n) is 3.30. The molecular formula is C16H15BrO3. The van der Waals surface area contributed by atoms with Crippen LogP contribution in [-0.2, 0) is 10.1 Å². The van der Waals surface area contributed by atoms with E-state index in [2.05, 4.69) is 15.9 Å². The summed E-state index contributed by atoms with van der Waals surface area (Å²) in [5, 5.41) is 0.441. The monoisotopic (exact) mass is 334 g/mol. The van der Waals surface area contributed by atoms with Gasteiger partial charge in [-0.05, 0) is 16.7 Å². The van der Waals surface area contributed by atoms with Crippen molar-refractivity contribution in [1.29, 1.82) is 0 Å². The van der Waals surface area contributed by atoms with Crippen LogP contribution in [-0.4, -0.2) is 18.9 Å². The number of alkyl halides is 1. The molecule has 4 heteroatoms. The standard InChI is InChI=1S/C16H15BrO3/c1-3-13(18)14-10-7-5-4-6-8-11(10)15(12(14)9-17)16(19)20-2/h4-8H,3,9H2,1-2H3. The van der Waals surface area contributed by atoms with E-state index in [1.165, 1.54) is 7.11 Å². The third-order valence-corrected chi connectivity index (χ3v) is 3.86. The second kappa shape index (κ2) is 6.18. The van der Waals surface area contributed by atoms with Gasteiger partial charge in [0.25, 0.3) is 0 Å².